The third kappa shape index (κ3) is 2.31. The van der Waals surface area contributed by atoms with Crippen molar-refractivity contribution in [2.24, 2.45) is 7.05 Å². The van der Waals surface area contributed by atoms with Crippen molar-refractivity contribution in [3.63, 3.8) is 0 Å². The summed E-state index contributed by atoms with van der Waals surface area (Å²) in [5, 5.41) is 9.11. The second kappa shape index (κ2) is 5.75. The standard InChI is InChI=1S/C18H24N4/c1-21-17(15-9-3-2-4-10-15)19-20-18(21)22-13-7-11-14-8-5-6-12-16(14)22/h5-6,8,12,15H,2-4,7,9-11,13H2,1H3. The molecule has 22 heavy (non-hydrogen) atoms. The Morgan fingerprint density at radius 1 is 1.00 bits per heavy atom. The lowest BCUT2D eigenvalue weighted by Gasteiger charge is -2.30. The lowest BCUT2D eigenvalue weighted by molar-refractivity contribution is 0.420. The van der Waals surface area contributed by atoms with Crippen molar-refractivity contribution in [2.45, 2.75) is 50.9 Å². The quantitative estimate of drug-likeness (QED) is 0.841. The van der Waals surface area contributed by atoms with Crippen molar-refractivity contribution in [3.8, 4) is 0 Å². The van der Waals surface area contributed by atoms with Crippen molar-refractivity contribution in [3.05, 3.63) is 35.7 Å². The molecule has 0 unspecified atom stereocenters. The molecule has 2 heterocycles. The average Bonchev–Trinajstić information content (AvgIpc) is 2.96. The maximum absolute atomic E-state index is 4.56. The van der Waals surface area contributed by atoms with E-state index in [1.165, 1.54) is 62.0 Å². The Kier molecular flexibility index (Phi) is 3.60. The van der Waals surface area contributed by atoms with Crippen LogP contribution in [0.4, 0.5) is 11.6 Å². The second-order valence-corrected chi connectivity index (χ2v) is 6.64. The molecule has 2 aromatic rings. The number of aromatic nitrogens is 3. The number of aryl methyl sites for hydroxylation is 1. The summed E-state index contributed by atoms with van der Waals surface area (Å²) in [5.74, 6) is 2.78. The fourth-order valence-electron chi connectivity index (χ4n) is 4.03. The molecule has 0 N–H and O–H groups in total. The number of anilines is 2. The molecular formula is C18H24N4. The van der Waals surface area contributed by atoms with Crippen LogP contribution in [-0.4, -0.2) is 21.3 Å². The van der Waals surface area contributed by atoms with Crippen LogP contribution in [0.5, 0.6) is 0 Å². The Hall–Kier alpha value is -1.84. The first-order valence-electron chi connectivity index (χ1n) is 8.59. The smallest absolute Gasteiger partial charge is 0.231 e. The topological polar surface area (TPSA) is 34.0 Å². The molecule has 0 amide bonds. The predicted octanol–water partition coefficient (Wildman–Crippen LogP) is 3.95. The lowest BCUT2D eigenvalue weighted by Crippen LogP contribution is -2.27. The number of benzene rings is 1. The van der Waals surface area contributed by atoms with E-state index in [1.807, 2.05) is 0 Å². The van der Waals surface area contributed by atoms with Crippen LogP contribution in [0.25, 0.3) is 0 Å². The van der Waals surface area contributed by atoms with Crippen molar-refractivity contribution in [2.75, 3.05) is 11.4 Å². The molecule has 1 aromatic heterocycles. The molecule has 4 nitrogen and oxygen atoms in total. The van der Waals surface area contributed by atoms with Gasteiger partial charge in [0.1, 0.15) is 5.82 Å². The zero-order chi connectivity index (χ0) is 14.9. The Morgan fingerprint density at radius 2 is 1.82 bits per heavy atom. The number of fused-ring (bicyclic) bond motifs is 1. The van der Waals surface area contributed by atoms with Crippen molar-refractivity contribution in [1.29, 1.82) is 0 Å². The van der Waals surface area contributed by atoms with E-state index in [9.17, 15) is 0 Å². The van der Waals surface area contributed by atoms with Crippen LogP contribution >= 0.6 is 0 Å². The first-order valence-corrected chi connectivity index (χ1v) is 8.59. The Labute approximate surface area is 132 Å². The Morgan fingerprint density at radius 3 is 2.68 bits per heavy atom. The van der Waals surface area contributed by atoms with Crippen LogP contribution in [0.1, 0.15) is 55.8 Å². The summed E-state index contributed by atoms with van der Waals surface area (Å²) in [6, 6.07) is 8.70. The molecule has 0 atom stereocenters. The van der Waals surface area contributed by atoms with Gasteiger partial charge in [0.05, 0.1) is 0 Å². The van der Waals surface area contributed by atoms with E-state index in [0.717, 1.165) is 12.5 Å². The molecule has 1 fully saturated rings. The van der Waals surface area contributed by atoms with Crippen LogP contribution in [0, 0.1) is 0 Å². The molecule has 2 aliphatic rings. The van der Waals surface area contributed by atoms with Crippen LogP contribution in [0.3, 0.4) is 0 Å². The van der Waals surface area contributed by atoms with Crippen molar-refractivity contribution < 1.29 is 0 Å². The van der Waals surface area contributed by atoms with Gasteiger partial charge in [0.2, 0.25) is 5.95 Å². The Bertz CT molecular complexity index is 655. The fraction of sp³-hybridized carbons (Fsp3) is 0.556. The van der Waals surface area contributed by atoms with Gasteiger partial charge in [-0.05, 0) is 37.3 Å². The summed E-state index contributed by atoms with van der Waals surface area (Å²) < 4.78 is 2.23. The van der Waals surface area contributed by atoms with Gasteiger partial charge >= 0.3 is 0 Å². The van der Waals surface area contributed by atoms with Gasteiger partial charge in [-0.1, -0.05) is 37.5 Å². The van der Waals surface area contributed by atoms with Crippen LogP contribution in [0.15, 0.2) is 24.3 Å². The molecule has 0 saturated heterocycles. The van der Waals surface area contributed by atoms with Gasteiger partial charge in [0.15, 0.2) is 0 Å². The third-order valence-electron chi connectivity index (χ3n) is 5.21. The summed E-state index contributed by atoms with van der Waals surface area (Å²) in [6.45, 7) is 1.04. The van der Waals surface area contributed by atoms with E-state index in [0.29, 0.717) is 5.92 Å². The van der Waals surface area contributed by atoms with Gasteiger partial charge in [-0.15, -0.1) is 10.2 Å². The van der Waals surface area contributed by atoms with Gasteiger partial charge in [-0.2, -0.15) is 0 Å². The maximum Gasteiger partial charge on any atom is 0.231 e. The zero-order valence-corrected chi connectivity index (χ0v) is 13.3. The van der Waals surface area contributed by atoms with E-state index in [2.05, 4.69) is 51.0 Å². The minimum Gasteiger partial charge on any atom is -0.310 e. The highest BCUT2D eigenvalue weighted by Gasteiger charge is 2.26. The second-order valence-electron chi connectivity index (χ2n) is 6.64. The summed E-state index contributed by atoms with van der Waals surface area (Å²) in [7, 11) is 2.14. The largest absolute Gasteiger partial charge is 0.310 e. The molecule has 1 aliphatic heterocycles. The molecule has 1 aliphatic carbocycles. The minimum atomic E-state index is 0.597. The molecule has 0 bridgehead atoms. The van der Waals surface area contributed by atoms with Gasteiger partial charge in [0.25, 0.3) is 0 Å². The first-order chi connectivity index (χ1) is 10.8. The number of para-hydroxylation sites is 1. The predicted molar refractivity (Wildman–Crippen MR) is 88.6 cm³/mol. The van der Waals surface area contributed by atoms with Crippen molar-refractivity contribution in [1.82, 2.24) is 14.8 Å². The van der Waals surface area contributed by atoms with Crippen LogP contribution in [-0.2, 0) is 13.5 Å². The SMILES string of the molecule is Cn1c(C2CCCCC2)nnc1N1CCCc2ccccc21. The van der Waals surface area contributed by atoms with Gasteiger partial charge in [0, 0.05) is 25.2 Å². The zero-order valence-electron chi connectivity index (χ0n) is 13.3. The number of hydrogen-bond donors (Lipinski definition) is 0. The monoisotopic (exact) mass is 296 g/mol. The van der Waals surface area contributed by atoms with Crippen molar-refractivity contribution >= 4 is 11.6 Å². The molecule has 116 valence electrons. The molecule has 0 spiro atoms. The first kappa shape index (κ1) is 13.8. The highest BCUT2D eigenvalue weighted by molar-refractivity contribution is 5.63. The van der Waals surface area contributed by atoms with E-state index in [-0.39, 0.29) is 0 Å². The summed E-state index contributed by atoms with van der Waals surface area (Å²) >= 11 is 0. The van der Waals surface area contributed by atoms with Gasteiger partial charge < -0.3 is 4.90 Å². The number of hydrogen-bond acceptors (Lipinski definition) is 3. The average molecular weight is 296 g/mol. The lowest BCUT2D eigenvalue weighted by atomic mass is 9.89. The summed E-state index contributed by atoms with van der Waals surface area (Å²) in [4.78, 5) is 2.35. The van der Waals surface area contributed by atoms with E-state index in [4.69, 9.17) is 0 Å². The van der Waals surface area contributed by atoms with Crippen LogP contribution < -0.4 is 4.90 Å². The molecule has 1 aromatic carbocycles. The summed E-state index contributed by atoms with van der Waals surface area (Å²) in [6.07, 6.45) is 8.92. The van der Waals surface area contributed by atoms with E-state index >= 15 is 0 Å². The minimum absolute atomic E-state index is 0.597. The van der Waals surface area contributed by atoms with E-state index in [1.54, 1.807) is 0 Å². The Balaban J connectivity index is 1.68. The third-order valence-corrected chi connectivity index (χ3v) is 5.21. The summed E-state index contributed by atoms with van der Waals surface area (Å²) in [5.41, 5.74) is 2.73. The molecule has 1 saturated carbocycles. The van der Waals surface area contributed by atoms with Gasteiger partial charge in [-0.3, -0.25) is 4.57 Å². The number of rotatable bonds is 2. The number of nitrogens with zero attached hydrogens (tertiary/aromatic N) is 4. The van der Waals surface area contributed by atoms with E-state index < -0.39 is 0 Å². The normalized spacial score (nSPS) is 19.2. The molecular weight excluding hydrogens is 272 g/mol. The van der Waals surface area contributed by atoms with Crippen LogP contribution in [0.2, 0.25) is 0 Å². The van der Waals surface area contributed by atoms with Gasteiger partial charge in [-0.25, -0.2) is 0 Å². The highest BCUT2D eigenvalue weighted by Crippen LogP contribution is 2.36. The fourth-order valence-corrected chi connectivity index (χ4v) is 4.03. The molecule has 4 heteroatoms. The highest BCUT2D eigenvalue weighted by atomic mass is 15.4. The molecule has 0 radical (unpaired) electrons. The molecule has 4 rings (SSSR count). The maximum atomic E-state index is 4.56.